The number of hydrogen-bond donors (Lipinski definition) is 5. The van der Waals surface area contributed by atoms with Gasteiger partial charge in [-0.15, -0.1) is 12.8 Å². The van der Waals surface area contributed by atoms with Gasteiger partial charge in [0.15, 0.2) is 0 Å². The van der Waals surface area contributed by atoms with E-state index < -0.39 is 17.0 Å². The fraction of sp³-hybridized carbons (Fsp3) is 0.286. The summed E-state index contributed by atoms with van der Waals surface area (Å²) in [5.41, 5.74) is 26.5. The van der Waals surface area contributed by atoms with E-state index in [0.29, 0.717) is 86.9 Å². The third kappa shape index (κ3) is 20.2. The van der Waals surface area contributed by atoms with Gasteiger partial charge in [-0.05, 0) is 200 Å². The number of carboxylic acids is 1. The van der Waals surface area contributed by atoms with Crippen LogP contribution in [0.2, 0.25) is 0 Å². The summed E-state index contributed by atoms with van der Waals surface area (Å²) in [5.74, 6) is 8.29. The van der Waals surface area contributed by atoms with Gasteiger partial charge in [0, 0.05) is 180 Å². The summed E-state index contributed by atoms with van der Waals surface area (Å²) in [7, 11) is 0. The predicted molar refractivity (Wildman–Crippen MR) is 526 cm³/mol. The minimum Gasteiger partial charge on any atom is -0.489 e. The highest BCUT2D eigenvalue weighted by Crippen LogP contribution is 2.45. The number of nitriles is 2. The molecule has 5 N–H and O–H groups in total. The standard InChI is InChI=1S/C31H28N2O3.C27H24N4O3.C27H26N4O3.C27H23N3O4/c1-4-19-13-21(6-8-28(19)36-24-9-11-35-12-10-24)30-25-15-22(16-27(25)32-18-33-30)20-5-7-26-23(14-20)17-29(34)31(26,2)3;1-2-17-11-18(3-4-25(17)34-21-5-8-32-9-6-21)26-22-12-19(13-23(22)30-16-31-26)20-14-24-27(29-15-20)33-10-7-28-24;1-27(2,32)25-6-4-18(16-30-25)23-14-21-22(31-23)7-10-29-26(21)17-3-5-24(19(13-17)15-28)34-20-8-11-33-12-9-20;28-16-20-14-19(5-6-25(20)34-21-8-11-33-12-9-21)27-22-15-24(30-23(22)7-10-29-27)18-3-1-17(2-4-18)13-26(31)32/h1,5-8,13-15,18,24H,9-12,16-17H2,2-3H3;1,3-4,11-12,14-16,21,28H,5-10,13H2;3-7,10,13-14,16,20,31-32H,8-9,11-12H2,1-2H3;1-7,10,14-15,21,30H,8-9,11-13H2,(H,31,32). The number of aromatic nitrogens is 10. The normalized spacial score (nSPS) is 16.1. The highest BCUT2D eigenvalue weighted by Gasteiger charge is 2.39. The quantitative estimate of drug-likeness (QED) is 0.0469. The molecule has 0 saturated carbocycles. The second kappa shape index (κ2) is 40.6. The van der Waals surface area contributed by atoms with Crippen molar-refractivity contribution in [3.63, 3.8) is 0 Å². The highest BCUT2D eigenvalue weighted by atomic mass is 16.5. The van der Waals surface area contributed by atoms with Crippen molar-refractivity contribution < 1.29 is 62.4 Å². The van der Waals surface area contributed by atoms with Crippen LogP contribution in [0.4, 0.5) is 5.69 Å². The number of allylic oxidation sites excluding steroid dienone is 2. The first kappa shape index (κ1) is 91.6. The summed E-state index contributed by atoms with van der Waals surface area (Å²) in [5, 5.41) is 43.9. The summed E-state index contributed by atoms with van der Waals surface area (Å²) in [6, 6.07) is 55.3. The Hall–Kier alpha value is -15.5. The average Bonchev–Trinajstić information content (AvgIpc) is 1.61. The molecule has 13 heterocycles. The number of hydrogen-bond acceptors (Lipinski definition) is 23. The van der Waals surface area contributed by atoms with E-state index >= 15 is 0 Å². The molecule has 8 aliphatic rings. The number of anilines is 1. The molecule has 4 saturated heterocycles. The number of carbonyl (C=O) groups excluding carboxylic acids is 1. The molecule has 26 heteroatoms. The molecule has 6 aromatic carbocycles. The van der Waals surface area contributed by atoms with Crippen LogP contribution >= 0.6 is 0 Å². The molecule has 0 bridgehead atoms. The van der Waals surface area contributed by atoms with Gasteiger partial charge >= 0.3 is 5.97 Å². The zero-order chi connectivity index (χ0) is 95.0. The summed E-state index contributed by atoms with van der Waals surface area (Å²) in [6.07, 6.45) is 35.5. The van der Waals surface area contributed by atoms with Crippen LogP contribution < -0.4 is 29.0 Å². The van der Waals surface area contributed by atoms with Crippen molar-refractivity contribution in [3.8, 4) is 133 Å². The van der Waals surface area contributed by atoms with E-state index in [1.165, 1.54) is 5.57 Å². The maximum Gasteiger partial charge on any atom is 0.307 e. The number of carboxylic acid groups (broad SMARTS) is 1. The molecule has 3 aliphatic carbocycles. The van der Waals surface area contributed by atoms with Gasteiger partial charge < -0.3 is 68.1 Å². The Balaban J connectivity index is 0.000000118. The number of Topliss-reactive ketones (excluding diaryl/α,β-unsaturated/α-hetero) is 1. The number of terminal acetylenes is 2. The molecule has 8 aromatic heterocycles. The number of nitrogens with zero attached hydrogens (tertiary/aromatic N) is 10. The molecule has 22 rings (SSSR count). The van der Waals surface area contributed by atoms with Crippen LogP contribution in [0.5, 0.6) is 28.9 Å². The molecule has 138 heavy (non-hydrogen) atoms. The number of nitrogens with one attached hydrogen (secondary N) is 3. The highest BCUT2D eigenvalue weighted by molar-refractivity contribution is 6.00. The van der Waals surface area contributed by atoms with Crippen LogP contribution in [0, 0.1) is 47.3 Å². The molecule has 14 aromatic rings. The zero-order valence-electron chi connectivity index (χ0n) is 77.0. The lowest BCUT2D eigenvalue weighted by Gasteiger charge is -2.24. The first-order valence-corrected chi connectivity index (χ1v) is 46.6. The fourth-order valence-electron chi connectivity index (χ4n) is 18.6. The summed E-state index contributed by atoms with van der Waals surface area (Å²) >= 11 is 0. The predicted octanol–water partition coefficient (Wildman–Crippen LogP) is 19.1. The molecular weight excluding hydrogens is 1740 g/mol. The number of fused-ring (bicyclic) bond motifs is 6. The van der Waals surface area contributed by atoms with Crippen LogP contribution in [-0.4, -0.2) is 162 Å². The van der Waals surface area contributed by atoms with Crippen LogP contribution in [0.25, 0.3) is 113 Å². The average molecular weight is 1840 g/mol. The van der Waals surface area contributed by atoms with Gasteiger partial charge in [0.05, 0.1) is 127 Å². The molecule has 4 fully saturated rings. The number of rotatable bonds is 19. The third-order valence-corrected chi connectivity index (χ3v) is 26.2. The number of ketones is 1. The van der Waals surface area contributed by atoms with Crippen molar-refractivity contribution in [2.45, 2.75) is 140 Å². The number of H-pyrrole nitrogens is 2. The van der Waals surface area contributed by atoms with Crippen molar-refractivity contribution in [2.75, 3.05) is 71.3 Å². The van der Waals surface area contributed by atoms with E-state index in [4.69, 9.17) is 60.6 Å². The first-order chi connectivity index (χ1) is 67.2. The van der Waals surface area contributed by atoms with Crippen LogP contribution in [0.1, 0.15) is 157 Å². The Bertz CT molecular complexity index is 7220. The number of carbonyl (C=O) groups is 2. The van der Waals surface area contributed by atoms with Crippen molar-refractivity contribution in [1.82, 2.24) is 49.8 Å². The maximum atomic E-state index is 12.5. The van der Waals surface area contributed by atoms with Crippen molar-refractivity contribution >= 4 is 62.5 Å². The number of aliphatic carboxylic acids is 1. The van der Waals surface area contributed by atoms with E-state index in [2.05, 4.69) is 116 Å². The van der Waals surface area contributed by atoms with E-state index in [0.717, 1.165) is 258 Å². The van der Waals surface area contributed by atoms with E-state index in [1.54, 1.807) is 45.1 Å². The summed E-state index contributed by atoms with van der Waals surface area (Å²) in [4.78, 5) is 66.7. The molecule has 5 aliphatic heterocycles. The lowest BCUT2D eigenvalue weighted by atomic mass is 9.85. The molecule has 692 valence electrons. The van der Waals surface area contributed by atoms with Crippen molar-refractivity contribution in [3.05, 3.63) is 273 Å². The summed E-state index contributed by atoms with van der Waals surface area (Å²) in [6.45, 7) is 14.4. The van der Waals surface area contributed by atoms with Crippen LogP contribution in [-0.2, 0) is 65.2 Å². The van der Waals surface area contributed by atoms with Gasteiger partial charge in [-0.25, -0.2) is 24.9 Å². The van der Waals surface area contributed by atoms with E-state index in [-0.39, 0.29) is 36.6 Å². The Morgan fingerprint density at radius 1 is 0.478 bits per heavy atom. The molecule has 0 radical (unpaired) electrons. The van der Waals surface area contributed by atoms with Gasteiger partial charge in [0.1, 0.15) is 90.2 Å². The molecule has 0 unspecified atom stereocenters. The van der Waals surface area contributed by atoms with Gasteiger partial charge in [-0.2, -0.15) is 10.5 Å². The Morgan fingerprint density at radius 2 is 0.913 bits per heavy atom. The van der Waals surface area contributed by atoms with Gasteiger partial charge in [0.2, 0.25) is 5.88 Å². The minimum absolute atomic E-state index is 0.00346. The van der Waals surface area contributed by atoms with Crippen molar-refractivity contribution in [2.24, 2.45) is 0 Å². The SMILES string of the molecule is C#Cc1cc(-c2ncnc3c2C=C(c2ccc4c(c2)CC(=O)C4(C)C)C3)ccc1OC1CCOCC1.C#Cc1cc(-c2ncnc3c2C=C(c2cnc4c(c2)NCCO4)C3)ccc1OC1CCOCC1.CC(C)(O)c1ccc(-c2cc3c(-c4ccc(OC5CCOCC5)c(C#N)c4)nccc3[nH]2)cn1.N#Cc1cc(-c2nccc3[nH]c(-c4ccc(CC(=O)O)cc4)cc23)ccc1OC1CCOCC1. The smallest absolute Gasteiger partial charge is 0.307 e. The maximum absolute atomic E-state index is 12.5. The molecule has 0 amide bonds. The second-order valence-corrected chi connectivity index (χ2v) is 36.2. The van der Waals surface area contributed by atoms with Gasteiger partial charge in [-0.3, -0.25) is 24.5 Å². The lowest BCUT2D eigenvalue weighted by molar-refractivity contribution is -0.136. The van der Waals surface area contributed by atoms with E-state index in [1.807, 2.05) is 154 Å². The lowest BCUT2D eigenvalue weighted by Crippen LogP contribution is -2.26. The van der Waals surface area contributed by atoms with Crippen molar-refractivity contribution in [1.29, 1.82) is 10.5 Å². The van der Waals surface area contributed by atoms with Crippen LogP contribution in [0.3, 0.4) is 0 Å². The zero-order valence-corrected chi connectivity index (χ0v) is 77.0. The largest absolute Gasteiger partial charge is 0.489 e. The third-order valence-electron chi connectivity index (χ3n) is 26.2. The number of aliphatic hydroxyl groups is 1. The number of benzene rings is 6. The van der Waals surface area contributed by atoms with Gasteiger partial charge in [0.25, 0.3) is 0 Å². The van der Waals surface area contributed by atoms with Crippen LogP contribution in [0.15, 0.2) is 195 Å². The molecule has 0 atom stereocenters. The molecule has 26 nitrogen and oxygen atoms in total. The second-order valence-electron chi connectivity index (χ2n) is 36.2. The first-order valence-electron chi connectivity index (χ1n) is 46.6. The topological polar surface area (TPSA) is 352 Å². The molecular formula is C112H101N13O13. The molecule has 0 spiro atoms. The Morgan fingerprint density at radius 3 is 1.37 bits per heavy atom. The summed E-state index contributed by atoms with van der Waals surface area (Å²) < 4.78 is 51.8. The number of pyridine rings is 4. The minimum atomic E-state index is -0.991. The number of aromatic amines is 2. The fourth-order valence-corrected chi connectivity index (χ4v) is 18.6. The Labute approximate surface area is 799 Å². The monoisotopic (exact) mass is 1840 g/mol. The Kier molecular flexibility index (Phi) is 26.9. The van der Waals surface area contributed by atoms with E-state index in [9.17, 15) is 25.2 Å². The van der Waals surface area contributed by atoms with Gasteiger partial charge in [-0.1, -0.05) is 54.3 Å². The number of ether oxygens (including phenoxy) is 9.